The quantitative estimate of drug-likeness (QED) is 0.860. The molecule has 1 heterocycles. The smallest absolute Gasteiger partial charge is 0.273 e. The van der Waals surface area contributed by atoms with E-state index in [1.54, 1.807) is 11.8 Å². The highest BCUT2D eigenvalue weighted by Gasteiger charge is 2.23. The topological polar surface area (TPSA) is 55.1 Å². The lowest BCUT2D eigenvalue weighted by Gasteiger charge is -2.09. The standard InChI is InChI=1S/C17H20N2O2S/c1-22-13-8-6-12(7-9-13)10-11-18-17(20)16-14-4-2-3-5-15(14)21-19-16/h6-9H,2-5,10-11H2,1H3,(H,18,20). The molecule has 1 aliphatic rings. The molecule has 1 aliphatic carbocycles. The van der Waals surface area contributed by atoms with Gasteiger partial charge in [0.1, 0.15) is 5.76 Å². The van der Waals surface area contributed by atoms with Gasteiger partial charge in [0.2, 0.25) is 0 Å². The van der Waals surface area contributed by atoms with Gasteiger partial charge in [-0.1, -0.05) is 17.3 Å². The summed E-state index contributed by atoms with van der Waals surface area (Å²) in [4.78, 5) is 13.5. The predicted molar refractivity (Wildman–Crippen MR) is 87.4 cm³/mol. The van der Waals surface area contributed by atoms with Gasteiger partial charge in [0, 0.05) is 23.4 Å². The van der Waals surface area contributed by atoms with E-state index in [-0.39, 0.29) is 5.91 Å². The molecule has 0 radical (unpaired) electrons. The first-order chi connectivity index (χ1) is 10.8. The van der Waals surface area contributed by atoms with Gasteiger partial charge in [-0.05, 0) is 49.6 Å². The molecule has 0 unspecified atom stereocenters. The van der Waals surface area contributed by atoms with Crippen LogP contribution in [0.5, 0.6) is 0 Å². The molecule has 1 amide bonds. The van der Waals surface area contributed by atoms with Crippen molar-refractivity contribution in [2.24, 2.45) is 0 Å². The molecule has 0 aliphatic heterocycles. The lowest BCUT2D eigenvalue weighted by atomic mass is 9.96. The summed E-state index contributed by atoms with van der Waals surface area (Å²) in [5.41, 5.74) is 2.71. The average Bonchev–Trinajstić information content (AvgIpc) is 2.99. The number of aryl methyl sites for hydroxylation is 1. The van der Waals surface area contributed by atoms with Crippen LogP contribution in [0.4, 0.5) is 0 Å². The van der Waals surface area contributed by atoms with Crippen LogP contribution in [0.2, 0.25) is 0 Å². The zero-order chi connectivity index (χ0) is 15.4. The van der Waals surface area contributed by atoms with Crippen molar-refractivity contribution >= 4 is 17.7 Å². The van der Waals surface area contributed by atoms with Gasteiger partial charge in [0.15, 0.2) is 5.69 Å². The number of benzene rings is 1. The fraction of sp³-hybridized carbons (Fsp3) is 0.412. The Balaban J connectivity index is 1.55. The number of nitrogens with zero attached hydrogens (tertiary/aromatic N) is 1. The molecule has 0 atom stereocenters. The van der Waals surface area contributed by atoms with Gasteiger partial charge in [-0.25, -0.2) is 0 Å². The summed E-state index contributed by atoms with van der Waals surface area (Å²) in [5.74, 6) is 0.775. The van der Waals surface area contributed by atoms with E-state index in [1.165, 1.54) is 10.5 Å². The van der Waals surface area contributed by atoms with Crippen LogP contribution in [0.25, 0.3) is 0 Å². The maximum atomic E-state index is 12.2. The van der Waals surface area contributed by atoms with Crippen LogP contribution in [0.3, 0.4) is 0 Å². The van der Waals surface area contributed by atoms with E-state index >= 15 is 0 Å². The Morgan fingerprint density at radius 2 is 2.05 bits per heavy atom. The van der Waals surface area contributed by atoms with Crippen molar-refractivity contribution in [1.82, 2.24) is 10.5 Å². The monoisotopic (exact) mass is 316 g/mol. The summed E-state index contributed by atoms with van der Waals surface area (Å²) >= 11 is 1.73. The number of nitrogens with one attached hydrogen (secondary N) is 1. The van der Waals surface area contributed by atoms with Crippen molar-refractivity contribution < 1.29 is 9.32 Å². The first-order valence-electron chi connectivity index (χ1n) is 7.66. The van der Waals surface area contributed by atoms with Crippen molar-refractivity contribution in [3.05, 3.63) is 46.8 Å². The molecule has 3 rings (SSSR count). The number of hydrogen-bond acceptors (Lipinski definition) is 4. The maximum absolute atomic E-state index is 12.2. The highest BCUT2D eigenvalue weighted by atomic mass is 32.2. The Morgan fingerprint density at radius 1 is 1.27 bits per heavy atom. The number of thioether (sulfide) groups is 1. The van der Waals surface area contributed by atoms with Crippen LogP contribution in [-0.2, 0) is 19.3 Å². The highest BCUT2D eigenvalue weighted by molar-refractivity contribution is 7.98. The van der Waals surface area contributed by atoms with Gasteiger partial charge in [0.05, 0.1) is 0 Å². The number of hydrogen-bond donors (Lipinski definition) is 1. The van der Waals surface area contributed by atoms with E-state index in [9.17, 15) is 4.79 Å². The Labute approximate surface area is 134 Å². The molecule has 0 saturated heterocycles. The number of aromatic nitrogens is 1. The third kappa shape index (κ3) is 3.35. The molecular formula is C17H20N2O2S. The molecule has 0 bridgehead atoms. The summed E-state index contributed by atoms with van der Waals surface area (Å²) in [5, 5.41) is 6.90. The molecule has 0 spiro atoms. The fourth-order valence-corrected chi connectivity index (χ4v) is 3.17. The maximum Gasteiger partial charge on any atom is 0.273 e. The van der Waals surface area contributed by atoms with Gasteiger partial charge in [0.25, 0.3) is 5.91 Å². The van der Waals surface area contributed by atoms with Crippen LogP contribution >= 0.6 is 11.8 Å². The summed E-state index contributed by atoms with van der Waals surface area (Å²) < 4.78 is 5.29. The molecule has 1 aromatic heterocycles. The van der Waals surface area contributed by atoms with Gasteiger partial charge in [-0.3, -0.25) is 4.79 Å². The van der Waals surface area contributed by atoms with Crippen molar-refractivity contribution in [3.63, 3.8) is 0 Å². The van der Waals surface area contributed by atoms with Crippen LogP contribution in [0, 0.1) is 0 Å². The van der Waals surface area contributed by atoms with E-state index in [4.69, 9.17) is 4.52 Å². The third-order valence-corrected chi connectivity index (χ3v) is 4.77. The Bertz CT molecular complexity index is 649. The first kappa shape index (κ1) is 15.2. The van der Waals surface area contributed by atoms with Crippen LogP contribution < -0.4 is 5.32 Å². The van der Waals surface area contributed by atoms with E-state index in [1.807, 2.05) is 0 Å². The Kier molecular flexibility index (Phi) is 4.83. The number of fused-ring (bicyclic) bond motifs is 1. The minimum atomic E-state index is -0.118. The summed E-state index contributed by atoms with van der Waals surface area (Å²) in [6.07, 6.45) is 6.91. The van der Waals surface area contributed by atoms with Crippen molar-refractivity contribution in [2.75, 3.05) is 12.8 Å². The van der Waals surface area contributed by atoms with E-state index < -0.39 is 0 Å². The van der Waals surface area contributed by atoms with Crippen molar-refractivity contribution in [3.8, 4) is 0 Å². The molecular weight excluding hydrogens is 296 g/mol. The van der Waals surface area contributed by atoms with Crippen molar-refractivity contribution in [1.29, 1.82) is 0 Å². The van der Waals surface area contributed by atoms with Gasteiger partial charge in [-0.15, -0.1) is 11.8 Å². The van der Waals surface area contributed by atoms with E-state index in [0.29, 0.717) is 12.2 Å². The molecule has 0 fully saturated rings. The van der Waals surface area contributed by atoms with Gasteiger partial charge < -0.3 is 9.84 Å². The second kappa shape index (κ2) is 7.01. The zero-order valence-corrected chi connectivity index (χ0v) is 13.5. The highest BCUT2D eigenvalue weighted by Crippen LogP contribution is 2.24. The van der Waals surface area contributed by atoms with Crippen molar-refractivity contribution in [2.45, 2.75) is 37.0 Å². The van der Waals surface area contributed by atoms with Crippen LogP contribution in [0.15, 0.2) is 33.7 Å². The van der Waals surface area contributed by atoms with E-state index in [0.717, 1.165) is 43.4 Å². The molecule has 22 heavy (non-hydrogen) atoms. The number of amides is 1. The Hall–Kier alpha value is -1.75. The Morgan fingerprint density at radius 3 is 2.82 bits per heavy atom. The lowest BCUT2D eigenvalue weighted by molar-refractivity contribution is 0.0944. The minimum absolute atomic E-state index is 0.118. The molecule has 0 saturated carbocycles. The molecule has 2 aromatic rings. The zero-order valence-electron chi connectivity index (χ0n) is 12.7. The molecule has 116 valence electrons. The summed E-state index contributed by atoms with van der Waals surface area (Å²) in [6.45, 7) is 0.610. The molecule has 1 N–H and O–H groups in total. The van der Waals surface area contributed by atoms with E-state index in [2.05, 4.69) is 41.0 Å². The molecule has 1 aromatic carbocycles. The van der Waals surface area contributed by atoms with Crippen LogP contribution in [0.1, 0.15) is 40.2 Å². The van der Waals surface area contributed by atoms with Gasteiger partial charge >= 0.3 is 0 Å². The first-order valence-corrected chi connectivity index (χ1v) is 8.89. The number of carbonyl (C=O) groups is 1. The number of rotatable bonds is 5. The largest absolute Gasteiger partial charge is 0.360 e. The molecule has 5 heteroatoms. The lowest BCUT2D eigenvalue weighted by Crippen LogP contribution is -2.27. The summed E-state index contributed by atoms with van der Waals surface area (Å²) in [6, 6.07) is 8.43. The number of carbonyl (C=O) groups excluding carboxylic acids is 1. The SMILES string of the molecule is CSc1ccc(CCNC(=O)c2noc3c2CCCC3)cc1. The molecule has 4 nitrogen and oxygen atoms in total. The summed E-state index contributed by atoms with van der Waals surface area (Å²) in [7, 11) is 0. The second-order valence-electron chi connectivity index (χ2n) is 5.49. The normalized spacial score (nSPS) is 13.7. The van der Waals surface area contributed by atoms with Crippen LogP contribution in [-0.4, -0.2) is 23.9 Å². The third-order valence-electron chi connectivity index (χ3n) is 4.02. The second-order valence-corrected chi connectivity index (χ2v) is 6.37. The van der Waals surface area contributed by atoms with Gasteiger partial charge in [-0.2, -0.15) is 0 Å². The fourth-order valence-electron chi connectivity index (χ4n) is 2.76. The average molecular weight is 316 g/mol. The minimum Gasteiger partial charge on any atom is -0.360 e. The predicted octanol–water partition coefficient (Wildman–Crippen LogP) is 3.25.